The van der Waals surface area contributed by atoms with Crippen molar-refractivity contribution in [3.05, 3.63) is 100 Å². The van der Waals surface area contributed by atoms with Gasteiger partial charge in [-0.25, -0.2) is 14.4 Å². The number of hydrogen-bond donors (Lipinski definition) is 1. The van der Waals surface area contributed by atoms with E-state index < -0.39 is 0 Å². The Bertz CT molecular complexity index is 1410. The number of pyridine rings is 1. The minimum absolute atomic E-state index is 0.131. The van der Waals surface area contributed by atoms with E-state index in [9.17, 15) is 14.0 Å². The molecule has 8 heteroatoms. The van der Waals surface area contributed by atoms with E-state index in [0.29, 0.717) is 48.6 Å². The van der Waals surface area contributed by atoms with Crippen LogP contribution in [0.15, 0.2) is 77.7 Å². The lowest BCUT2D eigenvalue weighted by molar-refractivity contribution is -0.125. The van der Waals surface area contributed by atoms with Crippen molar-refractivity contribution in [2.24, 2.45) is 5.92 Å². The van der Waals surface area contributed by atoms with Gasteiger partial charge >= 0.3 is 0 Å². The Morgan fingerprint density at radius 3 is 2.69 bits per heavy atom. The maximum absolute atomic E-state index is 13.9. The fraction of sp³-hybridized carbons (Fsp3) is 0.259. The normalized spacial score (nSPS) is 15.8. The molecule has 0 saturated carbocycles. The van der Waals surface area contributed by atoms with E-state index in [-0.39, 0.29) is 29.7 Å². The molecule has 35 heavy (non-hydrogen) atoms. The molecule has 1 saturated heterocycles. The summed E-state index contributed by atoms with van der Waals surface area (Å²) in [5, 5.41) is 2.85. The van der Waals surface area contributed by atoms with Gasteiger partial charge in [-0.1, -0.05) is 48.5 Å². The van der Waals surface area contributed by atoms with Crippen molar-refractivity contribution in [2.45, 2.75) is 25.9 Å². The van der Waals surface area contributed by atoms with E-state index in [4.69, 9.17) is 0 Å². The number of piperidine rings is 1. The number of nitrogens with one attached hydrogen (secondary N) is 1. The zero-order valence-corrected chi connectivity index (χ0v) is 19.2. The molecule has 1 amide bonds. The molecule has 178 valence electrons. The van der Waals surface area contributed by atoms with E-state index in [1.54, 1.807) is 35.0 Å². The van der Waals surface area contributed by atoms with Gasteiger partial charge in [0.2, 0.25) is 5.91 Å². The van der Waals surface area contributed by atoms with Gasteiger partial charge in [-0.3, -0.25) is 14.2 Å². The molecule has 3 heterocycles. The van der Waals surface area contributed by atoms with Crippen molar-refractivity contribution in [3.63, 3.8) is 0 Å². The summed E-state index contributed by atoms with van der Waals surface area (Å²) < 4.78 is 15.6. The van der Waals surface area contributed by atoms with Crippen molar-refractivity contribution < 1.29 is 9.18 Å². The molecule has 1 atom stereocenters. The summed E-state index contributed by atoms with van der Waals surface area (Å²) >= 11 is 0. The fourth-order valence-corrected chi connectivity index (χ4v) is 4.53. The molecule has 1 aliphatic heterocycles. The molecule has 1 N–H and O–H groups in total. The first kappa shape index (κ1) is 22.7. The first-order valence-corrected chi connectivity index (χ1v) is 11.8. The van der Waals surface area contributed by atoms with Crippen LogP contribution in [0, 0.1) is 11.7 Å². The minimum Gasteiger partial charge on any atom is -0.352 e. The standard InChI is InChI=1S/C27H26FN5O2/c28-22-12-5-4-10-20(22)16-30-26(34)21-11-7-15-32(18-21)25-27(35)33(17-19-8-2-1-3-9-19)24-23(31-25)13-6-14-29-24/h1-6,8-10,12-14,21H,7,11,15-18H2,(H,30,34). The number of hydrogen-bond acceptors (Lipinski definition) is 5. The van der Waals surface area contributed by atoms with Crippen LogP contribution in [0.4, 0.5) is 10.2 Å². The first-order chi connectivity index (χ1) is 17.1. The van der Waals surface area contributed by atoms with Crippen LogP contribution in [-0.2, 0) is 17.9 Å². The van der Waals surface area contributed by atoms with E-state index in [0.717, 1.165) is 12.0 Å². The number of amides is 1. The summed E-state index contributed by atoms with van der Waals surface area (Å²) in [6, 6.07) is 19.8. The number of carbonyl (C=O) groups is 1. The average Bonchev–Trinajstić information content (AvgIpc) is 2.90. The second-order valence-electron chi connectivity index (χ2n) is 8.75. The zero-order valence-electron chi connectivity index (χ0n) is 19.2. The number of aromatic nitrogens is 3. The number of halogens is 1. The van der Waals surface area contributed by atoms with Gasteiger partial charge in [0, 0.05) is 31.4 Å². The molecule has 0 bridgehead atoms. The van der Waals surface area contributed by atoms with Crippen LogP contribution in [0.2, 0.25) is 0 Å². The molecule has 4 aromatic rings. The second-order valence-corrected chi connectivity index (χ2v) is 8.75. The highest BCUT2D eigenvalue weighted by Gasteiger charge is 2.29. The maximum Gasteiger partial charge on any atom is 0.295 e. The third kappa shape index (κ3) is 4.91. The molecule has 0 spiro atoms. The molecular formula is C27H26FN5O2. The van der Waals surface area contributed by atoms with Crippen molar-refractivity contribution in [1.29, 1.82) is 0 Å². The predicted molar refractivity (Wildman–Crippen MR) is 133 cm³/mol. The number of rotatable bonds is 6. The number of nitrogens with zero attached hydrogens (tertiary/aromatic N) is 4. The molecule has 0 aliphatic carbocycles. The summed E-state index contributed by atoms with van der Waals surface area (Å²) in [7, 11) is 0. The number of fused-ring (bicyclic) bond motifs is 1. The number of anilines is 1. The van der Waals surface area contributed by atoms with Crippen LogP contribution in [0.5, 0.6) is 0 Å². The summed E-state index contributed by atoms with van der Waals surface area (Å²) in [4.78, 5) is 37.4. The Kier molecular flexibility index (Phi) is 6.52. The second kappa shape index (κ2) is 10.0. The number of carbonyl (C=O) groups excluding carboxylic acids is 1. The van der Waals surface area contributed by atoms with E-state index in [1.165, 1.54) is 6.07 Å². The summed E-state index contributed by atoms with van der Waals surface area (Å²) in [5.41, 5.74) is 2.36. The van der Waals surface area contributed by atoms with Crippen LogP contribution in [0.1, 0.15) is 24.0 Å². The highest BCUT2D eigenvalue weighted by atomic mass is 19.1. The smallest absolute Gasteiger partial charge is 0.295 e. The highest BCUT2D eigenvalue weighted by molar-refractivity contribution is 5.79. The third-order valence-electron chi connectivity index (χ3n) is 6.37. The van der Waals surface area contributed by atoms with Crippen LogP contribution in [0.25, 0.3) is 11.2 Å². The Morgan fingerprint density at radius 2 is 1.86 bits per heavy atom. The molecule has 1 fully saturated rings. The summed E-state index contributed by atoms with van der Waals surface area (Å²) in [6.45, 7) is 1.52. The van der Waals surface area contributed by atoms with Gasteiger partial charge in [0.05, 0.1) is 12.5 Å². The quantitative estimate of drug-likeness (QED) is 0.466. The van der Waals surface area contributed by atoms with Crippen molar-refractivity contribution in [2.75, 3.05) is 18.0 Å². The Hall–Kier alpha value is -4.07. The maximum atomic E-state index is 13.9. The average molecular weight is 472 g/mol. The topological polar surface area (TPSA) is 80.1 Å². The van der Waals surface area contributed by atoms with E-state index in [1.807, 2.05) is 41.3 Å². The predicted octanol–water partition coefficient (Wildman–Crippen LogP) is 3.51. The van der Waals surface area contributed by atoms with Gasteiger partial charge in [0.15, 0.2) is 11.5 Å². The van der Waals surface area contributed by atoms with Gasteiger partial charge in [-0.05, 0) is 36.6 Å². The molecule has 0 radical (unpaired) electrons. The van der Waals surface area contributed by atoms with Gasteiger partial charge in [-0.2, -0.15) is 0 Å². The van der Waals surface area contributed by atoms with Crippen LogP contribution in [-0.4, -0.2) is 33.5 Å². The van der Waals surface area contributed by atoms with Crippen molar-refractivity contribution in [1.82, 2.24) is 19.9 Å². The lowest BCUT2D eigenvalue weighted by atomic mass is 9.97. The van der Waals surface area contributed by atoms with E-state index >= 15 is 0 Å². The monoisotopic (exact) mass is 471 g/mol. The third-order valence-corrected chi connectivity index (χ3v) is 6.37. The van der Waals surface area contributed by atoms with Gasteiger partial charge in [-0.15, -0.1) is 0 Å². The molecular weight excluding hydrogens is 445 g/mol. The zero-order chi connectivity index (χ0) is 24.2. The van der Waals surface area contributed by atoms with Gasteiger partial charge in [0.25, 0.3) is 5.56 Å². The van der Waals surface area contributed by atoms with Gasteiger partial charge < -0.3 is 10.2 Å². The molecule has 5 rings (SSSR count). The van der Waals surface area contributed by atoms with Crippen molar-refractivity contribution >= 4 is 22.9 Å². The lowest BCUT2D eigenvalue weighted by Crippen LogP contribution is -2.45. The van der Waals surface area contributed by atoms with Crippen LogP contribution >= 0.6 is 0 Å². The highest BCUT2D eigenvalue weighted by Crippen LogP contribution is 2.22. The van der Waals surface area contributed by atoms with E-state index in [2.05, 4.69) is 15.3 Å². The Labute approximate surface area is 202 Å². The first-order valence-electron chi connectivity index (χ1n) is 11.8. The minimum atomic E-state index is -0.342. The lowest BCUT2D eigenvalue weighted by Gasteiger charge is -2.32. The largest absolute Gasteiger partial charge is 0.352 e. The molecule has 1 unspecified atom stereocenters. The molecule has 2 aromatic heterocycles. The Balaban J connectivity index is 1.39. The summed E-state index contributed by atoms with van der Waals surface area (Å²) in [5.74, 6) is -0.479. The number of benzene rings is 2. The van der Waals surface area contributed by atoms with Crippen LogP contribution < -0.4 is 15.8 Å². The molecule has 1 aliphatic rings. The fourth-order valence-electron chi connectivity index (χ4n) is 4.53. The Morgan fingerprint density at radius 1 is 1.06 bits per heavy atom. The summed E-state index contributed by atoms with van der Waals surface area (Å²) in [6.07, 6.45) is 3.11. The molecule has 7 nitrogen and oxygen atoms in total. The van der Waals surface area contributed by atoms with Crippen molar-refractivity contribution in [3.8, 4) is 0 Å². The van der Waals surface area contributed by atoms with Gasteiger partial charge in [0.1, 0.15) is 11.3 Å². The van der Waals surface area contributed by atoms with Crippen LogP contribution in [0.3, 0.4) is 0 Å². The molecule has 2 aromatic carbocycles. The SMILES string of the molecule is O=C(NCc1ccccc1F)C1CCCN(c2nc3cccnc3n(Cc3ccccc3)c2=O)C1.